The Kier molecular flexibility index (Phi) is 7.57. The highest BCUT2D eigenvalue weighted by molar-refractivity contribution is 6.23. The monoisotopic (exact) mass is 788 g/mol. The van der Waals surface area contributed by atoms with Crippen molar-refractivity contribution in [3.63, 3.8) is 0 Å². The van der Waals surface area contributed by atoms with Gasteiger partial charge in [0.15, 0.2) is 0 Å². The van der Waals surface area contributed by atoms with Crippen LogP contribution in [0.5, 0.6) is 0 Å². The van der Waals surface area contributed by atoms with E-state index in [0.29, 0.717) is 0 Å². The molecule has 0 saturated carbocycles. The van der Waals surface area contributed by atoms with Crippen molar-refractivity contribution in [2.75, 3.05) is 0 Å². The van der Waals surface area contributed by atoms with Crippen molar-refractivity contribution >= 4 is 76.2 Å². The van der Waals surface area contributed by atoms with Crippen molar-refractivity contribution < 1.29 is 0 Å². The van der Waals surface area contributed by atoms with Crippen LogP contribution in [0.15, 0.2) is 218 Å². The molecule has 0 saturated heterocycles. The van der Waals surface area contributed by atoms with E-state index >= 15 is 0 Å². The van der Waals surface area contributed by atoms with Crippen molar-refractivity contribution in [2.24, 2.45) is 0 Å². The fourth-order valence-electron chi connectivity index (χ4n) is 9.91. The molecule has 0 amide bonds. The molecule has 3 heterocycles. The minimum Gasteiger partial charge on any atom is -0.309 e. The normalized spacial score (nSPS) is 11.9. The summed E-state index contributed by atoms with van der Waals surface area (Å²) >= 11 is 0. The van der Waals surface area contributed by atoms with Crippen LogP contribution in [-0.2, 0) is 0 Å². The maximum Gasteiger partial charge on any atom is 0.0979 e. The quantitative estimate of drug-likeness (QED) is 0.163. The van der Waals surface area contributed by atoms with E-state index in [4.69, 9.17) is 9.97 Å². The first-order valence-corrected chi connectivity index (χ1v) is 21.2. The topological polar surface area (TPSA) is 35.6 Å². The molecule has 0 bridgehead atoms. The molecular formula is C58H36N4. The molecule has 0 unspecified atom stereocenters. The summed E-state index contributed by atoms with van der Waals surface area (Å²) in [5.41, 5.74) is 14.5. The van der Waals surface area contributed by atoms with E-state index in [9.17, 15) is 0 Å². The highest BCUT2D eigenvalue weighted by Gasteiger charge is 2.22. The number of fused-ring (bicyclic) bond motifs is 12. The van der Waals surface area contributed by atoms with Crippen molar-refractivity contribution in [3.8, 4) is 45.0 Å². The molecule has 0 spiro atoms. The lowest BCUT2D eigenvalue weighted by Crippen LogP contribution is -2.02. The van der Waals surface area contributed by atoms with Gasteiger partial charge in [-0.05, 0) is 64.4 Å². The first kappa shape index (κ1) is 34.5. The number of benzene rings is 10. The zero-order valence-electron chi connectivity index (χ0n) is 33.6. The Bertz CT molecular complexity index is 3670. The Hall–Kier alpha value is -8.34. The largest absolute Gasteiger partial charge is 0.309 e. The molecule has 0 aliphatic heterocycles. The van der Waals surface area contributed by atoms with Crippen LogP contribution in [0.25, 0.3) is 121 Å². The highest BCUT2D eigenvalue weighted by Crippen LogP contribution is 2.42. The summed E-state index contributed by atoms with van der Waals surface area (Å²) in [5.74, 6) is 0. The van der Waals surface area contributed by atoms with Crippen LogP contribution in [0.2, 0.25) is 0 Å². The van der Waals surface area contributed by atoms with Crippen LogP contribution in [-0.4, -0.2) is 19.1 Å². The Morgan fingerprint density at radius 1 is 0.242 bits per heavy atom. The summed E-state index contributed by atoms with van der Waals surface area (Å²) in [6, 6.07) is 78.5. The van der Waals surface area contributed by atoms with Crippen molar-refractivity contribution in [3.05, 3.63) is 218 Å². The van der Waals surface area contributed by atoms with Gasteiger partial charge in [0.05, 0.1) is 44.5 Å². The van der Waals surface area contributed by atoms with Gasteiger partial charge in [-0.25, -0.2) is 9.97 Å². The van der Waals surface area contributed by atoms with Gasteiger partial charge in [0.1, 0.15) is 0 Å². The molecule has 10 aromatic carbocycles. The maximum absolute atomic E-state index is 5.79. The van der Waals surface area contributed by atoms with Crippen molar-refractivity contribution in [1.82, 2.24) is 19.1 Å². The number of aromatic nitrogens is 4. The molecule has 288 valence electrons. The van der Waals surface area contributed by atoms with Crippen LogP contribution in [0.1, 0.15) is 0 Å². The summed E-state index contributed by atoms with van der Waals surface area (Å²) in [7, 11) is 0. The van der Waals surface area contributed by atoms with Gasteiger partial charge in [-0.3, -0.25) is 0 Å². The van der Waals surface area contributed by atoms with Crippen LogP contribution >= 0.6 is 0 Å². The number of hydrogen-bond acceptors (Lipinski definition) is 2. The van der Waals surface area contributed by atoms with Crippen LogP contribution < -0.4 is 0 Å². The van der Waals surface area contributed by atoms with E-state index in [-0.39, 0.29) is 0 Å². The lowest BCUT2D eigenvalue weighted by Gasteiger charge is -2.18. The second-order valence-corrected chi connectivity index (χ2v) is 16.1. The lowest BCUT2D eigenvalue weighted by molar-refractivity contribution is 1.13. The van der Waals surface area contributed by atoms with Gasteiger partial charge in [-0.2, -0.15) is 0 Å². The molecule has 0 aliphatic rings. The Morgan fingerprint density at radius 2 is 0.565 bits per heavy atom. The molecule has 0 fully saturated rings. The van der Waals surface area contributed by atoms with E-state index in [1.54, 1.807) is 0 Å². The number of para-hydroxylation sites is 4. The van der Waals surface area contributed by atoms with Gasteiger partial charge in [0.25, 0.3) is 0 Å². The van der Waals surface area contributed by atoms with Crippen molar-refractivity contribution in [2.45, 2.75) is 0 Å². The van der Waals surface area contributed by atoms with Crippen LogP contribution in [0.4, 0.5) is 0 Å². The second kappa shape index (κ2) is 13.6. The van der Waals surface area contributed by atoms with Gasteiger partial charge in [0.2, 0.25) is 0 Å². The molecule has 4 nitrogen and oxygen atoms in total. The Balaban J connectivity index is 1.17. The standard InChI is InChI=1S/C58H36N4/c1-2-16-37(17-3-1)38-30-32-39(33-31-38)55-56(60-58-50-25-7-5-19-44(50)43-18-4-6-24-49(43)57(58)59-55)40-34-41(61-51-26-12-8-20-45(51)46-21-9-13-27-52(46)61)36-42(35-40)62-53-28-14-10-22-47(53)48-23-11-15-29-54(48)62/h1-36H. The van der Waals surface area contributed by atoms with Gasteiger partial charge < -0.3 is 9.13 Å². The van der Waals surface area contributed by atoms with E-state index in [1.165, 1.54) is 37.9 Å². The molecule has 0 atom stereocenters. The van der Waals surface area contributed by atoms with E-state index < -0.39 is 0 Å². The van der Waals surface area contributed by atoms with E-state index in [0.717, 1.165) is 83.3 Å². The third-order valence-electron chi connectivity index (χ3n) is 12.7. The van der Waals surface area contributed by atoms with Crippen molar-refractivity contribution in [1.29, 1.82) is 0 Å². The summed E-state index contributed by atoms with van der Waals surface area (Å²) in [6.07, 6.45) is 0. The predicted molar refractivity (Wildman–Crippen MR) is 260 cm³/mol. The second-order valence-electron chi connectivity index (χ2n) is 16.1. The average molecular weight is 789 g/mol. The molecule has 62 heavy (non-hydrogen) atoms. The maximum atomic E-state index is 5.79. The molecule has 0 N–H and O–H groups in total. The first-order chi connectivity index (χ1) is 30.8. The third-order valence-corrected chi connectivity index (χ3v) is 12.7. The minimum absolute atomic E-state index is 0.829. The fourth-order valence-corrected chi connectivity index (χ4v) is 9.91. The zero-order chi connectivity index (χ0) is 40.7. The van der Waals surface area contributed by atoms with E-state index in [1.807, 2.05) is 0 Å². The van der Waals surface area contributed by atoms with Gasteiger partial charge >= 0.3 is 0 Å². The number of hydrogen-bond donors (Lipinski definition) is 0. The summed E-state index contributed by atoms with van der Waals surface area (Å²) < 4.78 is 4.83. The highest BCUT2D eigenvalue weighted by atomic mass is 15.0. The fraction of sp³-hybridized carbons (Fsp3) is 0. The third kappa shape index (κ3) is 5.20. The van der Waals surface area contributed by atoms with Gasteiger partial charge in [0, 0.05) is 54.8 Å². The summed E-state index contributed by atoms with van der Waals surface area (Å²) in [4.78, 5) is 11.5. The number of nitrogens with zero attached hydrogens (tertiary/aromatic N) is 4. The predicted octanol–water partition coefficient (Wildman–Crippen LogP) is 15.1. The zero-order valence-corrected chi connectivity index (χ0v) is 33.6. The number of rotatable bonds is 5. The first-order valence-electron chi connectivity index (χ1n) is 21.2. The molecule has 13 rings (SSSR count). The average Bonchev–Trinajstić information content (AvgIpc) is 3.87. The lowest BCUT2D eigenvalue weighted by atomic mass is 9.96. The smallest absolute Gasteiger partial charge is 0.0979 e. The van der Waals surface area contributed by atoms with Gasteiger partial charge in [-0.15, -0.1) is 0 Å². The molecular weight excluding hydrogens is 753 g/mol. The molecule has 3 aromatic heterocycles. The minimum atomic E-state index is 0.829. The van der Waals surface area contributed by atoms with Crippen LogP contribution in [0.3, 0.4) is 0 Å². The molecule has 0 radical (unpaired) electrons. The van der Waals surface area contributed by atoms with E-state index in [2.05, 4.69) is 228 Å². The Labute approximate surface area is 357 Å². The van der Waals surface area contributed by atoms with Crippen LogP contribution in [0, 0.1) is 0 Å². The Morgan fingerprint density at radius 3 is 1.00 bits per heavy atom. The summed E-state index contributed by atoms with van der Waals surface area (Å²) in [6.45, 7) is 0. The molecule has 13 aromatic rings. The summed E-state index contributed by atoms with van der Waals surface area (Å²) in [5, 5.41) is 9.38. The van der Waals surface area contributed by atoms with Gasteiger partial charge in [-0.1, -0.05) is 176 Å². The molecule has 4 heteroatoms. The SMILES string of the molecule is c1ccc(-c2ccc(-c3nc4c5ccccc5c5ccccc5c4nc3-c3cc(-n4c5ccccc5c5ccccc54)cc(-n4c5ccccc5c5ccccc54)c3)cc2)cc1. The molecule has 0 aliphatic carbocycles.